The smallest absolute Gasteiger partial charge is 0.309 e. The third-order valence-corrected chi connectivity index (χ3v) is 6.48. The van der Waals surface area contributed by atoms with E-state index < -0.39 is 5.97 Å². The van der Waals surface area contributed by atoms with Crippen molar-refractivity contribution in [1.29, 1.82) is 0 Å². The SMILES string of the molecule is CCCCCCC=C[C@H]1CCC[C@@H]1CC=CCCC1(C(=O)O)CCC1. The van der Waals surface area contributed by atoms with Gasteiger partial charge in [0, 0.05) is 0 Å². The molecule has 2 atom stereocenters. The Balaban J connectivity index is 1.63. The summed E-state index contributed by atoms with van der Waals surface area (Å²) in [5, 5.41) is 9.37. The van der Waals surface area contributed by atoms with Crippen molar-refractivity contribution < 1.29 is 9.90 Å². The third-order valence-electron chi connectivity index (χ3n) is 6.48. The first-order valence-corrected chi connectivity index (χ1v) is 10.7. The lowest BCUT2D eigenvalue weighted by atomic mass is 9.66. The Morgan fingerprint density at radius 3 is 2.56 bits per heavy atom. The van der Waals surface area contributed by atoms with Crippen molar-refractivity contribution in [2.75, 3.05) is 0 Å². The average molecular weight is 347 g/mol. The van der Waals surface area contributed by atoms with Crippen LogP contribution in [0.4, 0.5) is 0 Å². The summed E-state index contributed by atoms with van der Waals surface area (Å²) < 4.78 is 0. The van der Waals surface area contributed by atoms with E-state index in [1.54, 1.807) is 0 Å². The minimum absolute atomic E-state index is 0.388. The van der Waals surface area contributed by atoms with Gasteiger partial charge in [-0.2, -0.15) is 0 Å². The van der Waals surface area contributed by atoms with Crippen LogP contribution in [0.3, 0.4) is 0 Å². The van der Waals surface area contributed by atoms with E-state index in [0.29, 0.717) is 0 Å². The van der Waals surface area contributed by atoms with Crippen molar-refractivity contribution in [3.8, 4) is 0 Å². The lowest BCUT2D eigenvalue weighted by molar-refractivity contribution is -0.155. The normalized spacial score (nSPS) is 25.6. The maximum absolute atomic E-state index is 11.4. The predicted octanol–water partition coefficient (Wildman–Crippen LogP) is 6.91. The Hall–Kier alpha value is -1.05. The predicted molar refractivity (Wildman–Crippen MR) is 106 cm³/mol. The molecule has 2 aliphatic rings. The zero-order chi connectivity index (χ0) is 18.0. The molecule has 0 unspecified atom stereocenters. The highest BCUT2D eigenvalue weighted by Crippen LogP contribution is 2.45. The van der Waals surface area contributed by atoms with Crippen LogP contribution < -0.4 is 0 Å². The molecule has 0 aromatic carbocycles. The molecule has 25 heavy (non-hydrogen) atoms. The molecule has 2 rings (SSSR count). The lowest BCUT2D eigenvalue weighted by Crippen LogP contribution is -2.37. The fourth-order valence-corrected chi connectivity index (χ4v) is 4.49. The number of carboxylic acids is 1. The van der Waals surface area contributed by atoms with Gasteiger partial charge in [-0.25, -0.2) is 0 Å². The van der Waals surface area contributed by atoms with Crippen LogP contribution in [0.5, 0.6) is 0 Å². The number of unbranched alkanes of at least 4 members (excludes halogenated alkanes) is 4. The van der Waals surface area contributed by atoms with Gasteiger partial charge in [0.05, 0.1) is 5.41 Å². The van der Waals surface area contributed by atoms with Gasteiger partial charge in [0.2, 0.25) is 0 Å². The maximum Gasteiger partial charge on any atom is 0.309 e. The Morgan fingerprint density at radius 2 is 1.88 bits per heavy atom. The summed E-state index contributed by atoms with van der Waals surface area (Å²) in [5.41, 5.74) is -0.388. The first-order chi connectivity index (χ1) is 12.2. The summed E-state index contributed by atoms with van der Waals surface area (Å²) in [6.07, 6.45) is 26.0. The summed E-state index contributed by atoms with van der Waals surface area (Å²) >= 11 is 0. The maximum atomic E-state index is 11.4. The molecule has 0 amide bonds. The highest BCUT2D eigenvalue weighted by Gasteiger charge is 2.43. The molecule has 142 valence electrons. The largest absolute Gasteiger partial charge is 0.481 e. The first-order valence-electron chi connectivity index (χ1n) is 10.7. The van der Waals surface area contributed by atoms with Crippen molar-refractivity contribution in [3.63, 3.8) is 0 Å². The molecule has 1 N–H and O–H groups in total. The van der Waals surface area contributed by atoms with Crippen LogP contribution in [-0.2, 0) is 4.79 Å². The summed E-state index contributed by atoms with van der Waals surface area (Å²) in [7, 11) is 0. The molecule has 0 aromatic heterocycles. The summed E-state index contributed by atoms with van der Waals surface area (Å²) in [6, 6.07) is 0. The highest BCUT2D eigenvalue weighted by atomic mass is 16.4. The van der Waals surface area contributed by atoms with E-state index in [4.69, 9.17) is 0 Å². The van der Waals surface area contributed by atoms with Crippen LogP contribution in [0.1, 0.15) is 96.8 Å². The quantitative estimate of drug-likeness (QED) is 0.308. The van der Waals surface area contributed by atoms with E-state index in [1.165, 1.54) is 57.8 Å². The van der Waals surface area contributed by atoms with Gasteiger partial charge < -0.3 is 5.11 Å². The minimum Gasteiger partial charge on any atom is -0.481 e. The van der Waals surface area contributed by atoms with Crippen LogP contribution in [-0.4, -0.2) is 11.1 Å². The minimum atomic E-state index is -0.577. The number of carboxylic acid groups (broad SMARTS) is 1. The Bertz CT molecular complexity index is 445. The van der Waals surface area contributed by atoms with Gasteiger partial charge in [-0.15, -0.1) is 0 Å². The van der Waals surface area contributed by atoms with E-state index in [9.17, 15) is 9.90 Å². The Kier molecular flexibility index (Phi) is 8.78. The Morgan fingerprint density at radius 1 is 1.04 bits per heavy atom. The van der Waals surface area contributed by atoms with Crippen molar-refractivity contribution >= 4 is 5.97 Å². The number of hydrogen-bond donors (Lipinski definition) is 1. The van der Waals surface area contributed by atoms with Crippen molar-refractivity contribution in [3.05, 3.63) is 24.3 Å². The van der Waals surface area contributed by atoms with E-state index >= 15 is 0 Å². The second-order valence-electron chi connectivity index (χ2n) is 8.32. The monoisotopic (exact) mass is 346 g/mol. The third kappa shape index (κ3) is 6.31. The second-order valence-corrected chi connectivity index (χ2v) is 8.32. The van der Waals surface area contributed by atoms with E-state index in [2.05, 4.69) is 31.2 Å². The number of aliphatic carboxylic acids is 1. The summed E-state index contributed by atoms with van der Waals surface area (Å²) in [4.78, 5) is 11.4. The highest BCUT2D eigenvalue weighted by molar-refractivity contribution is 5.75. The molecule has 0 radical (unpaired) electrons. The fourth-order valence-electron chi connectivity index (χ4n) is 4.49. The van der Waals surface area contributed by atoms with Crippen molar-refractivity contribution in [2.45, 2.75) is 96.8 Å². The van der Waals surface area contributed by atoms with Crippen LogP contribution in [0, 0.1) is 17.3 Å². The molecule has 0 heterocycles. The molecule has 0 aromatic rings. The van der Waals surface area contributed by atoms with Gasteiger partial charge in [0.25, 0.3) is 0 Å². The van der Waals surface area contributed by atoms with Crippen LogP contribution in [0.2, 0.25) is 0 Å². The van der Waals surface area contributed by atoms with Gasteiger partial charge in [-0.1, -0.05) is 63.3 Å². The van der Waals surface area contributed by atoms with Crippen LogP contribution >= 0.6 is 0 Å². The van der Waals surface area contributed by atoms with Gasteiger partial charge in [-0.05, 0) is 69.6 Å². The molecule has 2 nitrogen and oxygen atoms in total. The van der Waals surface area contributed by atoms with Crippen LogP contribution in [0.25, 0.3) is 0 Å². The molecule has 0 saturated heterocycles. The fraction of sp³-hybridized carbons (Fsp3) is 0.783. The molecular weight excluding hydrogens is 308 g/mol. The number of allylic oxidation sites excluding steroid dienone is 4. The molecular formula is C23H38O2. The van der Waals surface area contributed by atoms with Gasteiger partial charge in [-0.3, -0.25) is 4.79 Å². The molecule has 0 spiro atoms. The van der Waals surface area contributed by atoms with E-state index in [1.807, 2.05) is 0 Å². The second kappa shape index (κ2) is 10.8. The molecule has 0 aliphatic heterocycles. The number of rotatable bonds is 12. The van der Waals surface area contributed by atoms with E-state index in [-0.39, 0.29) is 5.41 Å². The Labute approximate surface area is 154 Å². The number of hydrogen-bond acceptors (Lipinski definition) is 1. The zero-order valence-corrected chi connectivity index (χ0v) is 16.2. The first kappa shape index (κ1) is 20.3. The topological polar surface area (TPSA) is 37.3 Å². The average Bonchev–Trinajstić information content (AvgIpc) is 2.99. The number of carbonyl (C=O) groups is 1. The molecule has 2 heteroatoms. The zero-order valence-electron chi connectivity index (χ0n) is 16.2. The summed E-state index contributed by atoms with van der Waals surface area (Å²) in [5.74, 6) is 1.00. The molecule has 2 aliphatic carbocycles. The molecule has 2 saturated carbocycles. The standard InChI is InChI=1S/C23H38O2/c1-2-3-4-5-6-8-13-20-15-11-16-21(20)14-9-7-10-17-23(22(24)25)18-12-19-23/h7-9,13,20-21H,2-6,10-12,14-19H2,1H3,(H,24,25)/t20-,21-/m0/s1. The van der Waals surface area contributed by atoms with Gasteiger partial charge in [0.1, 0.15) is 0 Å². The molecule has 0 bridgehead atoms. The van der Waals surface area contributed by atoms with Crippen molar-refractivity contribution in [2.24, 2.45) is 17.3 Å². The lowest BCUT2D eigenvalue weighted by Gasteiger charge is -2.37. The van der Waals surface area contributed by atoms with Crippen molar-refractivity contribution in [1.82, 2.24) is 0 Å². The van der Waals surface area contributed by atoms with Gasteiger partial charge >= 0.3 is 5.97 Å². The van der Waals surface area contributed by atoms with E-state index in [0.717, 1.165) is 43.9 Å². The van der Waals surface area contributed by atoms with Crippen LogP contribution in [0.15, 0.2) is 24.3 Å². The summed E-state index contributed by atoms with van der Waals surface area (Å²) in [6.45, 7) is 2.26. The van der Waals surface area contributed by atoms with Gasteiger partial charge in [0.15, 0.2) is 0 Å². The molecule has 2 fully saturated rings.